The molecule has 0 aliphatic carbocycles. The molecule has 0 spiro atoms. The minimum Gasteiger partial charge on any atom is -0.309 e. The highest BCUT2D eigenvalue weighted by Crippen LogP contribution is 2.39. The van der Waals surface area contributed by atoms with E-state index in [1.807, 2.05) is 24.3 Å². The van der Waals surface area contributed by atoms with Gasteiger partial charge in [-0.15, -0.1) is 0 Å². The van der Waals surface area contributed by atoms with E-state index in [-0.39, 0.29) is 0 Å². The van der Waals surface area contributed by atoms with E-state index >= 15 is 0 Å². The van der Waals surface area contributed by atoms with Crippen LogP contribution in [0.15, 0.2) is 200 Å². The largest absolute Gasteiger partial charge is 0.309 e. The molecule has 0 unspecified atom stereocenters. The van der Waals surface area contributed by atoms with Gasteiger partial charge in [-0.1, -0.05) is 152 Å². The molecule has 0 N–H and O–H groups in total. The molecule has 0 saturated heterocycles. The smallest absolute Gasteiger partial charge is 0.166 e. The van der Waals surface area contributed by atoms with Crippen molar-refractivity contribution in [2.75, 3.05) is 0 Å². The van der Waals surface area contributed by atoms with Gasteiger partial charge in [0.05, 0.1) is 27.8 Å². The molecule has 0 saturated carbocycles. The first-order chi connectivity index (χ1) is 27.8. The lowest BCUT2D eigenvalue weighted by Crippen LogP contribution is -2.03. The molecule has 0 atom stereocenters. The van der Waals surface area contributed by atoms with E-state index in [2.05, 4.69) is 185 Å². The Bertz CT molecular complexity index is 3180. The Morgan fingerprint density at radius 2 is 0.714 bits per heavy atom. The minimum absolute atomic E-state index is 0.615. The van der Waals surface area contributed by atoms with Crippen molar-refractivity contribution in [3.8, 4) is 56.7 Å². The maximum atomic E-state index is 5.20. The molecule has 262 valence electrons. The summed E-state index contributed by atoms with van der Waals surface area (Å²) in [5.74, 6) is 1.87. The quantitative estimate of drug-likeness (QED) is 0.172. The van der Waals surface area contributed by atoms with Crippen molar-refractivity contribution in [3.63, 3.8) is 0 Å². The highest BCUT2D eigenvalue weighted by atomic mass is 15.1. The maximum Gasteiger partial charge on any atom is 0.166 e. The van der Waals surface area contributed by atoms with E-state index in [1.165, 1.54) is 38.1 Å². The van der Waals surface area contributed by atoms with Crippen molar-refractivity contribution >= 4 is 43.6 Å². The molecule has 0 bridgehead atoms. The van der Waals surface area contributed by atoms with E-state index in [9.17, 15) is 0 Å². The van der Waals surface area contributed by atoms with Crippen LogP contribution in [0.4, 0.5) is 0 Å². The van der Waals surface area contributed by atoms with Crippen LogP contribution in [0, 0.1) is 0 Å². The average molecular weight is 716 g/mol. The topological polar surface area (TPSA) is 48.5 Å². The first-order valence-corrected chi connectivity index (χ1v) is 18.9. The highest BCUT2D eigenvalue weighted by molar-refractivity contribution is 6.12. The zero-order valence-electron chi connectivity index (χ0n) is 30.3. The fourth-order valence-corrected chi connectivity index (χ4v) is 8.20. The molecule has 5 heteroatoms. The van der Waals surface area contributed by atoms with E-state index in [0.29, 0.717) is 17.5 Å². The molecule has 0 fully saturated rings. The Kier molecular flexibility index (Phi) is 7.42. The molecule has 56 heavy (non-hydrogen) atoms. The van der Waals surface area contributed by atoms with Crippen molar-refractivity contribution in [2.24, 2.45) is 0 Å². The summed E-state index contributed by atoms with van der Waals surface area (Å²) in [5, 5.41) is 4.85. The van der Waals surface area contributed by atoms with Gasteiger partial charge >= 0.3 is 0 Å². The number of hydrogen-bond acceptors (Lipinski definition) is 3. The van der Waals surface area contributed by atoms with Gasteiger partial charge in [-0.25, -0.2) is 15.0 Å². The molecule has 0 radical (unpaired) electrons. The number of rotatable bonds is 6. The molecule has 3 heterocycles. The second-order valence-corrected chi connectivity index (χ2v) is 14.1. The fourth-order valence-electron chi connectivity index (χ4n) is 8.20. The van der Waals surface area contributed by atoms with Crippen molar-refractivity contribution in [3.05, 3.63) is 200 Å². The van der Waals surface area contributed by atoms with Gasteiger partial charge in [0.15, 0.2) is 17.5 Å². The van der Waals surface area contributed by atoms with E-state index < -0.39 is 0 Å². The normalized spacial score (nSPS) is 11.6. The van der Waals surface area contributed by atoms with Gasteiger partial charge in [0.25, 0.3) is 0 Å². The molecule has 0 aliphatic heterocycles. The van der Waals surface area contributed by atoms with Crippen molar-refractivity contribution < 1.29 is 0 Å². The molecule has 11 aromatic rings. The summed E-state index contributed by atoms with van der Waals surface area (Å²) in [6.45, 7) is 0. The molecular weight excluding hydrogens is 683 g/mol. The van der Waals surface area contributed by atoms with Gasteiger partial charge in [0, 0.05) is 43.9 Å². The third-order valence-electron chi connectivity index (χ3n) is 10.8. The number of nitrogens with zero attached hydrogens (tertiary/aromatic N) is 5. The van der Waals surface area contributed by atoms with Crippen LogP contribution in [0.1, 0.15) is 0 Å². The molecule has 0 aliphatic rings. The number of para-hydroxylation sites is 4. The summed E-state index contributed by atoms with van der Waals surface area (Å²) < 4.78 is 4.74. The molecule has 5 nitrogen and oxygen atoms in total. The van der Waals surface area contributed by atoms with Crippen LogP contribution < -0.4 is 0 Å². The number of aromatic nitrogens is 5. The third-order valence-corrected chi connectivity index (χ3v) is 10.8. The Labute approximate surface area is 323 Å². The molecule has 8 aromatic carbocycles. The van der Waals surface area contributed by atoms with Gasteiger partial charge in [-0.2, -0.15) is 0 Å². The zero-order valence-corrected chi connectivity index (χ0v) is 30.3. The lowest BCUT2D eigenvalue weighted by Gasteiger charge is -2.15. The predicted octanol–water partition coefficient (Wildman–Crippen LogP) is 12.7. The number of benzene rings is 8. The zero-order chi connectivity index (χ0) is 37.0. The predicted molar refractivity (Wildman–Crippen MR) is 230 cm³/mol. The van der Waals surface area contributed by atoms with Crippen LogP contribution in [-0.2, 0) is 0 Å². The van der Waals surface area contributed by atoms with Gasteiger partial charge in [0.2, 0.25) is 0 Å². The SMILES string of the molecule is c1ccc(-c2ccc(-c3nc(-c4ccccc4)nc(-c4ccccc4-n4c5ccccc5c5cc(-n6c7ccccc7c7ccccc76)ccc54)n3)cc2)cc1. The van der Waals surface area contributed by atoms with Crippen LogP contribution in [0.5, 0.6) is 0 Å². The second kappa shape index (κ2) is 13.0. The Morgan fingerprint density at radius 1 is 0.286 bits per heavy atom. The van der Waals surface area contributed by atoms with E-state index in [4.69, 9.17) is 15.0 Å². The second-order valence-electron chi connectivity index (χ2n) is 14.1. The first-order valence-electron chi connectivity index (χ1n) is 18.9. The molecule has 0 amide bonds. The summed E-state index contributed by atoms with van der Waals surface area (Å²) >= 11 is 0. The van der Waals surface area contributed by atoms with Crippen LogP contribution in [0.2, 0.25) is 0 Å². The first kappa shape index (κ1) is 31.9. The Morgan fingerprint density at radius 3 is 1.36 bits per heavy atom. The van der Waals surface area contributed by atoms with Crippen LogP contribution in [0.3, 0.4) is 0 Å². The Hall–Kier alpha value is -7.63. The molecular formula is C51H33N5. The Balaban J connectivity index is 1.10. The lowest BCUT2D eigenvalue weighted by atomic mass is 10.0. The van der Waals surface area contributed by atoms with Gasteiger partial charge in [-0.3, -0.25) is 0 Å². The summed E-state index contributed by atoms with van der Waals surface area (Å²) in [6.07, 6.45) is 0. The van der Waals surface area contributed by atoms with Gasteiger partial charge < -0.3 is 9.13 Å². The van der Waals surface area contributed by atoms with Gasteiger partial charge in [0.1, 0.15) is 0 Å². The highest BCUT2D eigenvalue weighted by Gasteiger charge is 2.20. The summed E-state index contributed by atoms with van der Waals surface area (Å²) in [5.41, 5.74) is 11.8. The average Bonchev–Trinajstić information content (AvgIpc) is 3.79. The van der Waals surface area contributed by atoms with Gasteiger partial charge in [-0.05, 0) is 59.7 Å². The van der Waals surface area contributed by atoms with Crippen LogP contribution in [0.25, 0.3) is 100 Å². The van der Waals surface area contributed by atoms with E-state index in [0.717, 1.165) is 44.7 Å². The van der Waals surface area contributed by atoms with Crippen molar-refractivity contribution in [2.45, 2.75) is 0 Å². The van der Waals surface area contributed by atoms with Crippen molar-refractivity contribution in [1.82, 2.24) is 24.1 Å². The number of fused-ring (bicyclic) bond motifs is 6. The summed E-state index contributed by atoms with van der Waals surface area (Å²) in [4.78, 5) is 15.4. The summed E-state index contributed by atoms with van der Waals surface area (Å²) in [6, 6.07) is 70.3. The maximum absolute atomic E-state index is 5.20. The fraction of sp³-hybridized carbons (Fsp3) is 0. The van der Waals surface area contributed by atoms with Crippen LogP contribution in [-0.4, -0.2) is 24.1 Å². The lowest BCUT2D eigenvalue weighted by molar-refractivity contribution is 1.06. The third kappa shape index (κ3) is 5.21. The minimum atomic E-state index is 0.615. The standard InChI is InChI=1S/C51H33N5/c1-3-15-34(16-4-1)35-27-29-37(30-28-35)50-52-49(36-17-5-2-6-18-36)53-51(54-50)42-22-10-14-26-47(42)56-46-25-13-9-21-41(46)43-33-38(31-32-48(43)56)55-44-23-11-7-19-39(44)40-20-8-12-24-45(40)55/h1-33H. The molecule has 3 aromatic heterocycles. The van der Waals surface area contributed by atoms with Crippen LogP contribution >= 0.6 is 0 Å². The molecule has 11 rings (SSSR count). The summed E-state index contributed by atoms with van der Waals surface area (Å²) in [7, 11) is 0. The van der Waals surface area contributed by atoms with E-state index in [1.54, 1.807) is 0 Å². The van der Waals surface area contributed by atoms with Crippen molar-refractivity contribution in [1.29, 1.82) is 0 Å². The monoisotopic (exact) mass is 715 g/mol. The number of hydrogen-bond donors (Lipinski definition) is 0.